The molecular formula is C9H17NO2. The lowest BCUT2D eigenvalue weighted by atomic mass is 10.1. The maximum Gasteiger partial charge on any atom is 0.144 e. The quantitative estimate of drug-likeness (QED) is 0.590. The molecule has 0 radical (unpaired) electrons. The Labute approximate surface area is 74.0 Å². The second-order valence-corrected chi connectivity index (χ2v) is 2.71. The predicted octanol–water partition coefficient (Wildman–Crippen LogP) is 1.47. The number of aliphatic hydroxyl groups excluding tert-OH is 1. The molecule has 0 saturated carbocycles. The predicted molar refractivity (Wildman–Crippen MR) is 46.6 cm³/mol. The van der Waals surface area contributed by atoms with E-state index in [1.54, 1.807) is 0 Å². The molecule has 0 spiro atoms. The van der Waals surface area contributed by atoms with Crippen molar-refractivity contribution in [2.45, 2.75) is 38.7 Å². The lowest BCUT2D eigenvalue weighted by Gasteiger charge is -2.08. The van der Waals surface area contributed by atoms with E-state index < -0.39 is 0 Å². The van der Waals surface area contributed by atoms with E-state index in [9.17, 15) is 0 Å². The molecule has 0 aliphatic rings. The van der Waals surface area contributed by atoms with Gasteiger partial charge in [-0.15, -0.1) is 0 Å². The second-order valence-electron chi connectivity index (χ2n) is 2.71. The van der Waals surface area contributed by atoms with E-state index in [0.717, 1.165) is 25.7 Å². The molecule has 0 aromatic heterocycles. The van der Waals surface area contributed by atoms with Crippen molar-refractivity contribution in [3.63, 3.8) is 0 Å². The molecule has 0 aromatic rings. The minimum Gasteiger partial charge on any atom is -0.394 e. The van der Waals surface area contributed by atoms with Gasteiger partial charge in [0.15, 0.2) is 0 Å². The van der Waals surface area contributed by atoms with Gasteiger partial charge in [-0.05, 0) is 12.8 Å². The van der Waals surface area contributed by atoms with Crippen LogP contribution in [0.5, 0.6) is 0 Å². The highest BCUT2D eigenvalue weighted by Crippen LogP contribution is 2.05. The van der Waals surface area contributed by atoms with Gasteiger partial charge in [0.25, 0.3) is 0 Å². The summed E-state index contributed by atoms with van der Waals surface area (Å²) in [5.41, 5.74) is 0. The van der Waals surface area contributed by atoms with Gasteiger partial charge in [0, 0.05) is 0 Å². The Kier molecular flexibility index (Phi) is 8.09. The van der Waals surface area contributed by atoms with E-state index in [4.69, 9.17) is 15.1 Å². The van der Waals surface area contributed by atoms with Crippen molar-refractivity contribution in [3.8, 4) is 6.07 Å². The van der Waals surface area contributed by atoms with Crippen LogP contribution >= 0.6 is 0 Å². The number of nitrogens with zero attached hydrogens (tertiary/aromatic N) is 1. The van der Waals surface area contributed by atoms with Crippen LogP contribution < -0.4 is 0 Å². The summed E-state index contributed by atoms with van der Waals surface area (Å²) >= 11 is 0. The highest BCUT2D eigenvalue weighted by molar-refractivity contribution is 4.83. The molecule has 0 aliphatic heterocycles. The van der Waals surface area contributed by atoms with E-state index in [2.05, 4.69) is 13.0 Å². The Hall–Kier alpha value is -0.590. The average molecular weight is 171 g/mol. The van der Waals surface area contributed by atoms with Gasteiger partial charge in [-0.25, -0.2) is 0 Å². The molecule has 0 rings (SSSR count). The minimum atomic E-state index is -0.330. The van der Waals surface area contributed by atoms with Gasteiger partial charge < -0.3 is 9.84 Å². The van der Waals surface area contributed by atoms with Crippen LogP contribution in [-0.4, -0.2) is 24.4 Å². The van der Waals surface area contributed by atoms with Gasteiger partial charge in [-0.1, -0.05) is 19.8 Å². The molecule has 3 nitrogen and oxygen atoms in total. The van der Waals surface area contributed by atoms with Gasteiger partial charge in [0.05, 0.1) is 19.3 Å². The summed E-state index contributed by atoms with van der Waals surface area (Å²) in [6.07, 6.45) is 3.77. The number of nitriles is 1. The Bertz CT molecular complexity index is 131. The van der Waals surface area contributed by atoms with Crippen LogP contribution in [0, 0.1) is 11.3 Å². The van der Waals surface area contributed by atoms with Crippen LogP contribution in [0.25, 0.3) is 0 Å². The van der Waals surface area contributed by atoms with Crippen molar-refractivity contribution in [1.29, 1.82) is 5.26 Å². The van der Waals surface area contributed by atoms with Crippen LogP contribution in [0.4, 0.5) is 0 Å². The number of ether oxygens (including phenoxy) is 1. The molecule has 0 amide bonds. The molecule has 12 heavy (non-hydrogen) atoms. The second kappa shape index (κ2) is 8.51. The van der Waals surface area contributed by atoms with Gasteiger partial charge in [0.1, 0.15) is 6.10 Å². The topological polar surface area (TPSA) is 53.2 Å². The first kappa shape index (κ1) is 11.4. The summed E-state index contributed by atoms with van der Waals surface area (Å²) in [4.78, 5) is 0. The fourth-order valence-electron chi connectivity index (χ4n) is 0.960. The summed E-state index contributed by atoms with van der Waals surface area (Å²) in [5.74, 6) is 0. The summed E-state index contributed by atoms with van der Waals surface area (Å²) < 4.78 is 5.08. The SMILES string of the molecule is CCCCCC(C#N)OCCO. The molecule has 70 valence electrons. The van der Waals surface area contributed by atoms with Gasteiger partial charge >= 0.3 is 0 Å². The maximum atomic E-state index is 8.60. The fraction of sp³-hybridized carbons (Fsp3) is 0.889. The number of hydrogen-bond acceptors (Lipinski definition) is 3. The first-order valence-electron chi connectivity index (χ1n) is 4.47. The third-order valence-corrected chi connectivity index (χ3v) is 1.62. The van der Waals surface area contributed by atoms with E-state index >= 15 is 0 Å². The molecule has 3 heteroatoms. The average Bonchev–Trinajstić information content (AvgIpc) is 2.11. The third-order valence-electron chi connectivity index (χ3n) is 1.62. The fourth-order valence-corrected chi connectivity index (χ4v) is 0.960. The molecule has 0 saturated heterocycles. The Balaban J connectivity index is 3.35. The summed E-state index contributed by atoms with van der Waals surface area (Å²) in [6.45, 7) is 2.38. The molecule has 0 heterocycles. The number of hydrogen-bond donors (Lipinski definition) is 1. The first-order valence-corrected chi connectivity index (χ1v) is 4.47. The van der Waals surface area contributed by atoms with Crippen LogP contribution in [0.15, 0.2) is 0 Å². The zero-order chi connectivity index (χ0) is 9.23. The third kappa shape index (κ3) is 6.14. The summed E-state index contributed by atoms with van der Waals surface area (Å²) in [6, 6.07) is 2.06. The molecule has 0 aliphatic carbocycles. The standard InChI is InChI=1S/C9H17NO2/c1-2-3-4-5-9(8-10)12-7-6-11/h9,11H,2-7H2,1H3. The van der Waals surface area contributed by atoms with E-state index in [1.165, 1.54) is 0 Å². The molecule has 1 atom stereocenters. The van der Waals surface area contributed by atoms with Gasteiger partial charge in [-0.3, -0.25) is 0 Å². The number of aliphatic hydroxyl groups is 1. The highest BCUT2D eigenvalue weighted by atomic mass is 16.5. The van der Waals surface area contributed by atoms with Crippen LogP contribution in [0.1, 0.15) is 32.6 Å². The van der Waals surface area contributed by atoms with Crippen molar-refractivity contribution in [2.24, 2.45) is 0 Å². The van der Waals surface area contributed by atoms with E-state index in [1.807, 2.05) is 0 Å². The van der Waals surface area contributed by atoms with Crippen molar-refractivity contribution in [2.75, 3.05) is 13.2 Å². The largest absolute Gasteiger partial charge is 0.394 e. The first-order chi connectivity index (χ1) is 5.85. The van der Waals surface area contributed by atoms with E-state index in [0.29, 0.717) is 0 Å². The number of unbranched alkanes of at least 4 members (excludes halogenated alkanes) is 2. The molecule has 0 bridgehead atoms. The zero-order valence-corrected chi connectivity index (χ0v) is 7.62. The maximum absolute atomic E-state index is 8.60. The minimum absolute atomic E-state index is 0.00798. The zero-order valence-electron chi connectivity index (χ0n) is 7.62. The molecule has 0 aromatic carbocycles. The van der Waals surface area contributed by atoms with Gasteiger partial charge in [0.2, 0.25) is 0 Å². The van der Waals surface area contributed by atoms with Crippen molar-refractivity contribution >= 4 is 0 Å². The van der Waals surface area contributed by atoms with Gasteiger partial charge in [-0.2, -0.15) is 5.26 Å². The monoisotopic (exact) mass is 171 g/mol. The van der Waals surface area contributed by atoms with Crippen LogP contribution in [0.3, 0.4) is 0 Å². The smallest absolute Gasteiger partial charge is 0.144 e. The van der Waals surface area contributed by atoms with E-state index in [-0.39, 0.29) is 19.3 Å². The van der Waals surface area contributed by atoms with Crippen LogP contribution in [-0.2, 0) is 4.74 Å². The van der Waals surface area contributed by atoms with Crippen molar-refractivity contribution in [3.05, 3.63) is 0 Å². The normalized spacial score (nSPS) is 12.4. The molecular weight excluding hydrogens is 154 g/mol. The van der Waals surface area contributed by atoms with Crippen molar-refractivity contribution in [1.82, 2.24) is 0 Å². The number of rotatable bonds is 7. The lowest BCUT2D eigenvalue weighted by Crippen LogP contribution is -2.13. The highest BCUT2D eigenvalue weighted by Gasteiger charge is 2.05. The summed E-state index contributed by atoms with van der Waals surface area (Å²) in [5, 5.41) is 17.0. The Morgan fingerprint density at radius 1 is 1.50 bits per heavy atom. The molecule has 0 fully saturated rings. The van der Waals surface area contributed by atoms with Crippen LogP contribution in [0.2, 0.25) is 0 Å². The van der Waals surface area contributed by atoms with Crippen molar-refractivity contribution < 1.29 is 9.84 Å². The summed E-state index contributed by atoms with van der Waals surface area (Å²) in [7, 11) is 0. The Morgan fingerprint density at radius 3 is 2.75 bits per heavy atom. The Morgan fingerprint density at radius 2 is 2.25 bits per heavy atom. The molecule has 1 unspecified atom stereocenters. The lowest BCUT2D eigenvalue weighted by molar-refractivity contribution is 0.0529. The molecule has 1 N–H and O–H groups in total.